The third-order valence-corrected chi connectivity index (χ3v) is 6.91. The van der Waals surface area contributed by atoms with E-state index in [1.165, 1.54) is 7.11 Å². The molecular weight excluding hydrogens is 510 g/mol. The summed E-state index contributed by atoms with van der Waals surface area (Å²) in [5.74, 6) is 1.93. The molecule has 1 saturated heterocycles. The fourth-order valence-corrected chi connectivity index (χ4v) is 4.70. The molecule has 0 aliphatic carbocycles. The maximum Gasteiger partial charge on any atom is 0.215 e. The summed E-state index contributed by atoms with van der Waals surface area (Å²) in [6, 6.07) is 9.55. The van der Waals surface area contributed by atoms with E-state index in [4.69, 9.17) is 25.2 Å². The number of likely N-dealkylation sites (tertiary alicyclic amines) is 1. The van der Waals surface area contributed by atoms with Crippen LogP contribution in [0.4, 0.5) is 11.8 Å². The summed E-state index contributed by atoms with van der Waals surface area (Å²) in [5, 5.41) is 25.1. The van der Waals surface area contributed by atoms with Gasteiger partial charge in [-0.05, 0) is 39.4 Å². The molecule has 0 unspecified atom stereocenters. The Morgan fingerprint density at radius 1 is 1.20 bits per heavy atom. The number of fused-ring (bicyclic) bond motifs is 1. The zero-order chi connectivity index (χ0) is 28.6. The largest absolute Gasteiger partial charge is 0.481 e. The standard InChI is InChI=1S/C28H39N9O3/c1-5-37-26-24(31-28(37)35(17-18-38)16-15-33(2)3)27(34-13-11-22(39)12-14-34)32-36(20-30-26)19-23(25(29)40-4)21-9-7-6-8-10-21/h6-10,18-20,22,29,39H,5,11-17H2,1-4H3/b23-19-,29-25?. The molecule has 2 aliphatic rings. The number of benzene rings is 1. The SMILES string of the molecule is CCn1c(N(CC=O)CCN(C)C)nc2c1N=CN(/C=C(\C(=N)OC)c1ccccc1)N=C2N1CCC(O)CC1. The topological polar surface area (TPSA) is 126 Å². The van der Waals surface area contributed by atoms with Gasteiger partial charge in [0.25, 0.3) is 0 Å². The van der Waals surface area contributed by atoms with E-state index in [0.717, 1.165) is 18.4 Å². The number of aldehydes is 1. The predicted octanol–water partition coefficient (Wildman–Crippen LogP) is 2.23. The van der Waals surface area contributed by atoms with Gasteiger partial charge in [0.1, 0.15) is 12.6 Å². The molecule has 40 heavy (non-hydrogen) atoms. The van der Waals surface area contributed by atoms with Gasteiger partial charge in [-0.3, -0.25) is 9.98 Å². The van der Waals surface area contributed by atoms with Crippen LogP contribution in [-0.4, -0.2) is 114 Å². The quantitative estimate of drug-likeness (QED) is 0.263. The minimum Gasteiger partial charge on any atom is -0.481 e. The summed E-state index contributed by atoms with van der Waals surface area (Å²) in [7, 11) is 5.46. The van der Waals surface area contributed by atoms with Crippen LogP contribution in [0.5, 0.6) is 0 Å². The summed E-state index contributed by atoms with van der Waals surface area (Å²) in [4.78, 5) is 27.6. The molecule has 0 bridgehead atoms. The molecule has 0 amide bonds. The normalized spacial score (nSPS) is 16.1. The summed E-state index contributed by atoms with van der Waals surface area (Å²) >= 11 is 0. The Labute approximate surface area is 235 Å². The number of methoxy groups -OCH3 is 1. The molecule has 0 spiro atoms. The lowest BCUT2D eigenvalue weighted by molar-refractivity contribution is -0.106. The van der Waals surface area contributed by atoms with E-state index in [1.807, 2.05) is 60.8 Å². The Bertz CT molecular complexity index is 1260. The lowest BCUT2D eigenvalue weighted by Gasteiger charge is -2.31. The monoisotopic (exact) mass is 549 g/mol. The highest BCUT2D eigenvalue weighted by Crippen LogP contribution is 2.31. The second-order valence-electron chi connectivity index (χ2n) is 9.95. The smallest absolute Gasteiger partial charge is 0.215 e. The molecule has 214 valence electrons. The van der Waals surface area contributed by atoms with Gasteiger partial charge in [-0.25, -0.2) is 15.0 Å². The van der Waals surface area contributed by atoms with Crippen molar-refractivity contribution in [3.8, 4) is 0 Å². The molecule has 1 fully saturated rings. The van der Waals surface area contributed by atoms with Gasteiger partial charge in [0.15, 0.2) is 17.3 Å². The Balaban J connectivity index is 1.82. The van der Waals surface area contributed by atoms with Crippen LogP contribution in [0.1, 0.15) is 31.0 Å². The fraction of sp³-hybridized carbons (Fsp3) is 0.464. The molecule has 4 rings (SSSR count). The van der Waals surface area contributed by atoms with E-state index in [1.54, 1.807) is 17.5 Å². The van der Waals surface area contributed by atoms with Crippen LogP contribution in [0.3, 0.4) is 0 Å². The predicted molar refractivity (Wildman–Crippen MR) is 157 cm³/mol. The number of ether oxygens (including phenoxy) is 1. The van der Waals surface area contributed by atoms with Gasteiger partial charge in [0.05, 0.1) is 25.3 Å². The number of anilines is 1. The Morgan fingerprint density at radius 3 is 2.55 bits per heavy atom. The first kappa shape index (κ1) is 29.0. The van der Waals surface area contributed by atoms with E-state index >= 15 is 0 Å². The number of aliphatic imine (C=N–C) groups is 1. The number of imidazole rings is 1. The van der Waals surface area contributed by atoms with Gasteiger partial charge in [0.2, 0.25) is 11.8 Å². The Morgan fingerprint density at radius 2 is 1.93 bits per heavy atom. The van der Waals surface area contributed by atoms with Crippen LogP contribution in [0.25, 0.3) is 5.57 Å². The molecular formula is C28H39N9O3. The van der Waals surface area contributed by atoms with E-state index in [-0.39, 0.29) is 18.5 Å². The van der Waals surface area contributed by atoms with Crippen molar-refractivity contribution in [2.45, 2.75) is 32.4 Å². The van der Waals surface area contributed by atoms with Gasteiger partial charge in [-0.1, -0.05) is 30.3 Å². The molecule has 1 aromatic heterocycles. The summed E-state index contributed by atoms with van der Waals surface area (Å²) in [5.41, 5.74) is 1.97. The molecule has 12 nitrogen and oxygen atoms in total. The van der Waals surface area contributed by atoms with Crippen LogP contribution in [0, 0.1) is 5.41 Å². The summed E-state index contributed by atoms with van der Waals surface area (Å²) < 4.78 is 7.29. The van der Waals surface area contributed by atoms with Gasteiger partial charge in [-0.2, -0.15) is 0 Å². The molecule has 2 aliphatic heterocycles. The first-order chi connectivity index (χ1) is 19.4. The Kier molecular flexibility index (Phi) is 9.67. The third-order valence-electron chi connectivity index (χ3n) is 6.91. The number of piperidine rings is 1. The van der Waals surface area contributed by atoms with Crippen molar-refractivity contribution in [1.29, 1.82) is 5.41 Å². The number of hydrogen-bond donors (Lipinski definition) is 2. The number of rotatable bonds is 10. The van der Waals surface area contributed by atoms with Gasteiger partial charge in [-0.15, -0.1) is 5.10 Å². The zero-order valence-electron chi connectivity index (χ0n) is 23.7. The lowest BCUT2D eigenvalue weighted by atomic mass is 10.1. The highest BCUT2D eigenvalue weighted by Gasteiger charge is 2.31. The van der Waals surface area contributed by atoms with Crippen LogP contribution in [-0.2, 0) is 16.1 Å². The molecule has 0 radical (unpaired) electrons. The minimum absolute atomic E-state index is 0.00285. The first-order valence-corrected chi connectivity index (χ1v) is 13.5. The van der Waals surface area contributed by atoms with Crippen molar-refractivity contribution in [1.82, 2.24) is 24.4 Å². The van der Waals surface area contributed by atoms with Crippen molar-refractivity contribution < 1.29 is 14.6 Å². The third kappa shape index (κ3) is 6.57. The second-order valence-corrected chi connectivity index (χ2v) is 9.95. The van der Waals surface area contributed by atoms with Gasteiger partial charge < -0.3 is 29.3 Å². The number of amidine groups is 1. The van der Waals surface area contributed by atoms with Gasteiger partial charge in [0, 0.05) is 38.9 Å². The van der Waals surface area contributed by atoms with Crippen molar-refractivity contribution in [3.63, 3.8) is 0 Å². The second kappa shape index (κ2) is 13.4. The number of carbonyl (C=O) groups is 1. The number of nitrogens with zero attached hydrogens (tertiary/aromatic N) is 8. The molecule has 1 aromatic carbocycles. The van der Waals surface area contributed by atoms with E-state index < -0.39 is 0 Å². The number of hydrazone groups is 1. The van der Waals surface area contributed by atoms with E-state index in [0.29, 0.717) is 67.9 Å². The lowest BCUT2D eigenvalue weighted by Crippen LogP contribution is -2.41. The van der Waals surface area contributed by atoms with Crippen LogP contribution < -0.4 is 4.90 Å². The maximum atomic E-state index is 11.6. The van der Waals surface area contributed by atoms with Crippen molar-refractivity contribution in [2.24, 2.45) is 10.1 Å². The number of aliphatic hydroxyl groups excluding tert-OH is 1. The number of carbonyl (C=O) groups excluding carboxylic acids is 1. The fourth-order valence-electron chi connectivity index (χ4n) is 4.70. The zero-order valence-corrected chi connectivity index (χ0v) is 23.7. The van der Waals surface area contributed by atoms with E-state index in [2.05, 4.69) is 9.80 Å². The number of likely N-dealkylation sites (N-methyl/N-ethyl adjacent to an activating group) is 1. The van der Waals surface area contributed by atoms with Gasteiger partial charge >= 0.3 is 0 Å². The van der Waals surface area contributed by atoms with Crippen molar-refractivity contribution in [2.75, 3.05) is 58.8 Å². The Hall–Kier alpha value is -4.03. The molecule has 3 heterocycles. The number of aromatic nitrogens is 2. The number of aliphatic hydroxyl groups is 1. The highest BCUT2D eigenvalue weighted by molar-refractivity contribution is 6.18. The molecule has 12 heteroatoms. The maximum absolute atomic E-state index is 11.6. The summed E-state index contributed by atoms with van der Waals surface area (Å²) in [6.45, 7) is 5.45. The number of hydrogen-bond acceptors (Lipinski definition) is 11. The molecule has 2 aromatic rings. The average Bonchev–Trinajstić information content (AvgIpc) is 3.23. The number of nitrogens with one attached hydrogen (secondary N) is 1. The van der Waals surface area contributed by atoms with Crippen LogP contribution in [0.2, 0.25) is 0 Å². The highest BCUT2D eigenvalue weighted by atomic mass is 16.5. The molecule has 0 saturated carbocycles. The average molecular weight is 550 g/mol. The van der Waals surface area contributed by atoms with Crippen LogP contribution >= 0.6 is 0 Å². The summed E-state index contributed by atoms with van der Waals surface area (Å²) in [6.07, 6.45) is 5.12. The molecule has 2 N–H and O–H groups in total. The minimum atomic E-state index is -0.348. The van der Waals surface area contributed by atoms with Crippen molar-refractivity contribution in [3.05, 3.63) is 47.8 Å². The van der Waals surface area contributed by atoms with E-state index in [9.17, 15) is 9.90 Å². The van der Waals surface area contributed by atoms with Crippen LogP contribution in [0.15, 0.2) is 46.6 Å². The van der Waals surface area contributed by atoms with Crippen molar-refractivity contribution >= 4 is 41.7 Å². The first-order valence-electron chi connectivity index (χ1n) is 13.5. The molecule has 0 atom stereocenters.